The fraction of sp³-hybridized carbons (Fsp3) is 0.737. The number of guanidine groups is 1. The number of nitrogens with two attached hydrogens (primary N) is 3. The van der Waals surface area contributed by atoms with Crippen LogP contribution in [-0.2, 0) is 19.2 Å². The van der Waals surface area contributed by atoms with Gasteiger partial charge in [-0.2, -0.15) is 23.5 Å². The van der Waals surface area contributed by atoms with Crippen LogP contribution >= 0.6 is 23.5 Å². The number of nitrogens with zero attached hydrogens (tertiary/aromatic N) is 1. The molecule has 0 aromatic heterocycles. The number of rotatable bonds is 18. The Labute approximate surface area is 207 Å². The van der Waals surface area contributed by atoms with Gasteiger partial charge >= 0.3 is 5.97 Å². The molecule has 34 heavy (non-hydrogen) atoms. The molecule has 0 aromatic carbocycles. The van der Waals surface area contributed by atoms with E-state index in [1.165, 1.54) is 23.5 Å². The van der Waals surface area contributed by atoms with Crippen molar-refractivity contribution in [3.05, 3.63) is 0 Å². The van der Waals surface area contributed by atoms with Crippen molar-refractivity contribution < 1.29 is 29.4 Å². The second kappa shape index (κ2) is 18.1. The molecular formula is C19H37N7O6S2. The van der Waals surface area contributed by atoms with Gasteiger partial charge < -0.3 is 43.4 Å². The van der Waals surface area contributed by atoms with Crippen molar-refractivity contribution in [2.24, 2.45) is 22.2 Å². The Morgan fingerprint density at radius 2 is 1.35 bits per heavy atom. The number of nitrogens with one attached hydrogen (secondary N) is 3. The molecule has 13 nitrogen and oxygen atoms in total. The van der Waals surface area contributed by atoms with E-state index in [0.29, 0.717) is 24.5 Å². The van der Waals surface area contributed by atoms with E-state index in [4.69, 9.17) is 17.2 Å². The molecular weight excluding hydrogens is 486 g/mol. The van der Waals surface area contributed by atoms with Gasteiger partial charge in [0.25, 0.3) is 0 Å². The molecule has 0 heterocycles. The molecule has 4 unspecified atom stereocenters. The van der Waals surface area contributed by atoms with Crippen molar-refractivity contribution in [1.29, 1.82) is 0 Å². The summed E-state index contributed by atoms with van der Waals surface area (Å²) in [5, 5.41) is 26.1. The number of hydrogen-bond donors (Lipinski definition) is 8. The molecule has 0 saturated carbocycles. The lowest BCUT2D eigenvalue weighted by molar-refractivity contribution is -0.142. The highest BCUT2D eigenvalue weighted by atomic mass is 32.2. The lowest BCUT2D eigenvalue weighted by Gasteiger charge is -2.24. The summed E-state index contributed by atoms with van der Waals surface area (Å²) in [5.74, 6) is -2.33. The number of carbonyl (C=O) groups excluding carboxylic acids is 3. The van der Waals surface area contributed by atoms with Crippen LogP contribution in [0, 0.1) is 0 Å². The van der Waals surface area contributed by atoms with Gasteiger partial charge in [-0.1, -0.05) is 0 Å². The number of aliphatic carboxylic acids is 1. The van der Waals surface area contributed by atoms with Crippen molar-refractivity contribution in [2.75, 3.05) is 37.2 Å². The predicted octanol–water partition coefficient (Wildman–Crippen LogP) is -2.60. The molecule has 0 spiro atoms. The Morgan fingerprint density at radius 1 is 0.853 bits per heavy atom. The molecule has 0 saturated heterocycles. The SMILES string of the molecule is CSCCC(NC(=O)C(CO)NC(=O)C(CCSC)NC(=O)C(N)CCCN=C(N)N)C(=O)O. The molecule has 0 aromatic rings. The molecule has 0 aliphatic rings. The van der Waals surface area contributed by atoms with Crippen LogP contribution in [-0.4, -0.2) is 101 Å². The minimum atomic E-state index is -1.38. The number of hydrogen-bond acceptors (Lipinski definition) is 9. The summed E-state index contributed by atoms with van der Waals surface area (Å²) in [4.78, 5) is 52.9. The van der Waals surface area contributed by atoms with Crippen LogP contribution in [0.2, 0.25) is 0 Å². The Bertz CT molecular complexity index is 694. The van der Waals surface area contributed by atoms with Crippen molar-refractivity contribution in [2.45, 2.75) is 49.9 Å². The summed E-state index contributed by atoms with van der Waals surface area (Å²) in [5.41, 5.74) is 16.4. The topological polar surface area (TPSA) is 235 Å². The first kappa shape index (κ1) is 31.8. The molecule has 11 N–H and O–H groups in total. The average Bonchev–Trinajstić information content (AvgIpc) is 2.79. The molecule has 15 heteroatoms. The van der Waals surface area contributed by atoms with Crippen LogP contribution in [0.15, 0.2) is 4.99 Å². The van der Waals surface area contributed by atoms with E-state index < -0.39 is 54.5 Å². The summed E-state index contributed by atoms with van der Waals surface area (Å²) in [6.45, 7) is -0.443. The van der Waals surface area contributed by atoms with Gasteiger partial charge in [0.1, 0.15) is 18.1 Å². The molecule has 0 bridgehead atoms. The van der Waals surface area contributed by atoms with E-state index in [1.807, 2.05) is 6.26 Å². The zero-order valence-corrected chi connectivity index (χ0v) is 21.1. The minimum Gasteiger partial charge on any atom is -0.480 e. The second-order valence-corrected chi connectivity index (χ2v) is 9.29. The molecule has 4 atom stereocenters. The maximum Gasteiger partial charge on any atom is 0.326 e. The van der Waals surface area contributed by atoms with Gasteiger partial charge in [0, 0.05) is 6.54 Å². The number of carboxylic acids is 1. The third-order valence-electron chi connectivity index (χ3n) is 4.59. The third-order valence-corrected chi connectivity index (χ3v) is 5.88. The van der Waals surface area contributed by atoms with Crippen molar-refractivity contribution in [1.82, 2.24) is 16.0 Å². The number of amides is 3. The van der Waals surface area contributed by atoms with Gasteiger partial charge in [-0.3, -0.25) is 19.4 Å². The van der Waals surface area contributed by atoms with E-state index >= 15 is 0 Å². The first-order chi connectivity index (χ1) is 16.1. The summed E-state index contributed by atoms with van der Waals surface area (Å²) >= 11 is 2.88. The lowest BCUT2D eigenvalue weighted by Crippen LogP contribution is -2.58. The van der Waals surface area contributed by atoms with Gasteiger partial charge in [0.05, 0.1) is 12.6 Å². The molecule has 0 fully saturated rings. The largest absolute Gasteiger partial charge is 0.480 e. The van der Waals surface area contributed by atoms with E-state index in [9.17, 15) is 29.4 Å². The summed E-state index contributed by atoms with van der Waals surface area (Å²) < 4.78 is 0. The number of thioether (sulfide) groups is 2. The van der Waals surface area contributed by atoms with E-state index in [1.54, 1.807) is 6.26 Å². The molecule has 0 aliphatic heterocycles. The van der Waals surface area contributed by atoms with Crippen LogP contribution in [0.5, 0.6) is 0 Å². The smallest absolute Gasteiger partial charge is 0.326 e. The number of aliphatic hydroxyl groups is 1. The minimum absolute atomic E-state index is 0.0618. The normalized spacial score (nSPS) is 14.2. The second-order valence-electron chi connectivity index (χ2n) is 7.32. The quantitative estimate of drug-likeness (QED) is 0.0527. The highest BCUT2D eigenvalue weighted by Gasteiger charge is 2.29. The molecule has 0 rings (SSSR count). The standard InChI is InChI=1S/C19H37N7O6S2/c1-33-8-5-12(24-15(28)11(20)4-3-7-23-19(21)22)16(29)26-14(10-27)17(30)25-13(18(31)32)6-9-34-2/h11-14,27H,3-10,20H2,1-2H3,(H,24,28)(H,25,30)(H,26,29)(H,31,32)(H4,21,22,23). The van der Waals surface area contributed by atoms with Crippen LogP contribution in [0.1, 0.15) is 25.7 Å². The van der Waals surface area contributed by atoms with Crippen LogP contribution in [0.3, 0.4) is 0 Å². The highest BCUT2D eigenvalue weighted by Crippen LogP contribution is 2.05. The van der Waals surface area contributed by atoms with Gasteiger partial charge in [-0.15, -0.1) is 0 Å². The maximum atomic E-state index is 12.8. The van der Waals surface area contributed by atoms with Crippen molar-refractivity contribution in [3.8, 4) is 0 Å². The molecule has 0 radical (unpaired) electrons. The average molecular weight is 524 g/mol. The molecule has 3 amide bonds. The number of carboxylic acid groups (broad SMARTS) is 1. The summed E-state index contributed by atoms with van der Waals surface area (Å²) in [6, 6.07) is -4.44. The molecule has 196 valence electrons. The monoisotopic (exact) mass is 523 g/mol. The zero-order valence-electron chi connectivity index (χ0n) is 19.5. The third kappa shape index (κ3) is 13.5. The van der Waals surface area contributed by atoms with Crippen LogP contribution < -0.4 is 33.2 Å². The van der Waals surface area contributed by atoms with E-state index in [0.717, 1.165) is 0 Å². The first-order valence-electron chi connectivity index (χ1n) is 10.6. The number of carbonyl (C=O) groups is 4. The maximum absolute atomic E-state index is 12.8. The van der Waals surface area contributed by atoms with Crippen molar-refractivity contribution in [3.63, 3.8) is 0 Å². The summed E-state index contributed by atoms with van der Waals surface area (Å²) in [6.07, 6.45) is 4.82. The predicted molar refractivity (Wildman–Crippen MR) is 134 cm³/mol. The van der Waals surface area contributed by atoms with Crippen LogP contribution in [0.25, 0.3) is 0 Å². The fourth-order valence-corrected chi connectivity index (χ4v) is 3.61. The Morgan fingerprint density at radius 3 is 1.85 bits per heavy atom. The van der Waals surface area contributed by atoms with Gasteiger partial charge in [-0.25, -0.2) is 4.79 Å². The van der Waals surface area contributed by atoms with Crippen LogP contribution in [0.4, 0.5) is 0 Å². The highest BCUT2D eigenvalue weighted by molar-refractivity contribution is 7.98. The van der Waals surface area contributed by atoms with E-state index in [2.05, 4.69) is 20.9 Å². The molecule has 0 aliphatic carbocycles. The Balaban J connectivity index is 5.08. The Kier molecular flexibility index (Phi) is 17.0. The fourth-order valence-electron chi connectivity index (χ4n) is 2.67. The Hall–Kier alpha value is -2.23. The van der Waals surface area contributed by atoms with Gasteiger partial charge in [0.2, 0.25) is 17.7 Å². The summed E-state index contributed by atoms with van der Waals surface area (Å²) in [7, 11) is 0. The van der Waals surface area contributed by atoms with Gasteiger partial charge in [-0.05, 0) is 49.7 Å². The zero-order chi connectivity index (χ0) is 26.1. The first-order valence-corrected chi connectivity index (χ1v) is 13.4. The number of aliphatic hydroxyl groups excluding tert-OH is 1. The number of aliphatic imine (C=N–C) groups is 1. The van der Waals surface area contributed by atoms with Crippen molar-refractivity contribution >= 4 is 53.2 Å². The van der Waals surface area contributed by atoms with Gasteiger partial charge in [0.15, 0.2) is 5.96 Å². The van der Waals surface area contributed by atoms with E-state index in [-0.39, 0.29) is 25.2 Å². The lowest BCUT2D eigenvalue weighted by atomic mass is 10.1.